The minimum atomic E-state index is -0.360. The first-order chi connectivity index (χ1) is 13.7. The van der Waals surface area contributed by atoms with Crippen molar-refractivity contribution in [1.29, 1.82) is 0 Å². The lowest BCUT2D eigenvalue weighted by Crippen LogP contribution is -2.17. The molecule has 0 atom stereocenters. The smallest absolute Gasteiger partial charge is 0.129 e. The van der Waals surface area contributed by atoms with E-state index in [0.717, 1.165) is 43.1 Å². The number of aromatic nitrogens is 3. The van der Waals surface area contributed by atoms with Gasteiger partial charge in [0.1, 0.15) is 17.2 Å². The van der Waals surface area contributed by atoms with Crippen molar-refractivity contribution in [2.45, 2.75) is 26.4 Å². The van der Waals surface area contributed by atoms with Crippen LogP contribution in [0.3, 0.4) is 0 Å². The first kappa shape index (κ1) is 20.5. The Bertz CT molecular complexity index is 865. The molecular formula is C21H24ClFN4O. The van der Waals surface area contributed by atoms with Crippen LogP contribution in [0.5, 0.6) is 0 Å². The molecule has 5 nitrogen and oxygen atoms in total. The lowest BCUT2D eigenvalue weighted by molar-refractivity contribution is 0.144. The Hall–Kier alpha value is -2.28. The Balaban J connectivity index is 1.77. The lowest BCUT2D eigenvalue weighted by atomic mass is 10.1. The molecular weight excluding hydrogens is 379 g/mol. The van der Waals surface area contributed by atoms with Gasteiger partial charge in [-0.25, -0.2) is 4.39 Å². The third-order valence-electron chi connectivity index (χ3n) is 4.27. The third kappa shape index (κ3) is 5.38. The highest BCUT2D eigenvalue weighted by atomic mass is 35.5. The van der Waals surface area contributed by atoms with Crippen LogP contribution in [0.4, 0.5) is 4.39 Å². The fourth-order valence-electron chi connectivity index (χ4n) is 2.87. The van der Waals surface area contributed by atoms with Gasteiger partial charge in [-0.15, -0.1) is 0 Å². The minimum Gasteiger partial charge on any atom is -0.382 e. The number of ether oxygens (including phenoxy) is 1. The van der Waals surface area contributed by atoms with Gasteiger partial charge in [0.05, 0.1) is 6.54 Å². The Morgan fingerprint density at radius 2 is 1.93 bits per heavy atom. The summed E-state index contributed by atoms with van der Waals surface area (Å²) in [4.78, 5) is 1.50. The molecule has 3 aromatic rings. The number of rotatable bonds is 10. The van der Waals surface area contributed by atoms with E-state index in [0.29, 0.717) is 17.1 Å². The Morgan fingerprint density at radius 3 is 2.68 bits per heavy atom. The number of nitrogens with zero attached hydrogens (tertiary/aromatic N) is 3. The van der Waals surface area contributed by atoms with E-state index in [1.165, 1.54) is 10.9 Å². The first-order valence-corrected chi connectivity index (χ1v) is 9.77. The van der Waals surface area contributed by atoms with Crippen molar-refractivity contribution in [3.63, 3.8) is 0 Å². The number of hydrogen-bond donors (Lipinski definition) is 1. The fraction of sp³-hybridized carbons (Fsp3) is 0.333. The van der Waals surface area contributed by atoms with Crippen molar-refractivity contribution >= 4 is 11.6 Å². The van der Waals surface area contributed by atoms with Gasteiger partial charge in [0, 0.05) is 35.9 Å². The Kier molecular flexibility index (Phi) is 7.54. The van der Waals surface area contributed by atoms with Crippen LogP contribution in [0.25, 0.3) is 11.3 Å². The molecule has 1 aromatic heterocycles. The van der Waals surface area contributed by atoms with Crippen LogP contribution in [0, 0.1) is 5.82 Å². The Morgan fingerprint density at radius 1 is 1.11 bits per heavy atom. The van der Waals surface area contributed by atoms with Crippen LogP contribution in [-0.2, 0) is 17.8 Å². The molecule has 0 saturated carbocycles. The van der Waals surface area contributed by atoms with Crippen LogP contribution in [0.15, 0.2) is 48.5 Å². The number of benzene rings is 2. The molecule has 0 aliphatic rings. The van der Waals surface area contributed by atoms with Crippen molar-refractivity contribution in [2.24, 2.45) is 0 Å². The quantitative estimate of drug-likeness (QED) is 0.513. The summed E-state index contributed by atoms with van der Waals surface area (Å²) >= 11 is 6.15. The summed E-state index contributed by atoms with van der Waals surface area (Å²) in [6.07, 6.45) is 0.924. The topological polar surface area (TPSA) is 52.0 Å². The zero-order valence-corrected chi connectivity index (χ0v) is 16.6. The second kappa shape index (κ2) is 10.3. The summed E-state index contributed by atoms with van der Waals surface area (Å²) in [5, 5.41) is 12.9. The molecule has 28 heavy (non-hydrogen) atoms. The van der Waals surface area contributed by atoms with Crippen molar-refractivity contribution in [3.8, 4) is 11.3 Å². The van der Waals surface area contributed by atoms with Gasteiger partial charge in [0.15, 0.2) is 0 Å². The van der Waals surface area contributed by atoms with Crippen LogP contribution in [-0.4, -0.2) is 34.8 Å². The van der Waals surface area contributed by atoms with Crippen LogP contribution in [0.2, 0.25) is 5.02 Å². The molecule has 7 heteroatoms. The number of hydrogen-bond acceptors (Lipinski definition) is 4. The molecule has 0 bridgehead atoms. The van der Waals surface area contributed by atoms with E-state index in [1.807, 2.05) is 37.3 Å². The summed E-state index contributed by atoms with van der Waals surface area (Å²) in [6.45, 7) is 5.01. The van der Waals surface area contributed by atoms with Crippen LogP contribution < -0.4 is 5.32 Å². The SMILES string of the molecule is CCOCCCNCc1nn(Cc2c(F)cccc2Cl)nc1-c1ccccc1. The molecule has 0 fully saturated rings. The van der Waals surface area contributed by atoms with E-state index in [4.69, 9.17) is 16.3 Å². The molecule has 1 heterocycles. The second-order valence-electron chi connectivity index (χ2n) is 6.32. The van der Waals surface area contributed by atoms with Gasteiger partial charge in [-0.05, 0) is 32.0 Å². The molecule has 0 saturated heterocycles. The molecule has 0 aliphatic heterocycles. The molecule has 0 spiro atoms. The highest BCUT2D eigenvalue weighted by Gasteiger charge is 2.15. The first-order valence-electron chi connectivity index (χ1n) is 9.39. The molecule has 148 valence electrons. The van der Waals surface area contributed by atoms with Gasteiger partial charge in [-0.3, -0.25) is 0 Å². The summed E-state index contributed by atoms with van der Waals surface area (Å²) in [7, 11) is 0. The summed E-state index contributed by atoms with van der Waals surface area (Å²) in [5.74, 6) is -0.360. The van der Waals surface area contributed by atoms with Gasteiger partial charge in [-0.2, -0.15) is 15.0 Å². The monoisotopic (exact) mass is 402 g/mol. The fourth-order valence-corrected chi connectivity index (χ4v) is 3.09. The Labute approximate surface area is 169 Å². The van der Waals surface area contributed by atoms with Crippen LogP contribution in [0.1, 0.15) is 24.6 Å². The van der Waals surface area contributed by atoms with E-state index in [2.05, 4.69) is 15.5 Å². The second-order valence-corrected chi connectivity index (χ2v) is 6.73. The molecule has 0 unspecified atom stereocenters. The molecule has 0 amide bonds. The average Bonchev–Trinajstić information content (AvgIpc) is 3.11. The lowest BCUT2D eigenvalue weighted by Gasteiger charge is -2.05. The predicted octanol–water partition coefficient (Wildman–Crippen LogP) is 4.30. The van der Waals surface area contributed by atoms with Crippen LogP contribution >= 0.6 is 11.6 Å². The normalized spacial score (nSPS) is 11.1. The summed E-state index contributed by atoms with van der Waals surface area (Å²) in [5.41, 5.74) is 2.95. The maximum Gasteiger partial charge on any atom is 0.129 e. The van der Waals surface area contributed by atoms with Crippen molar-refractivity contribution in [2.75, 3.05) is 19.8 Å². The van der Waals surface area contributed by atoms with Gasteiger partial charge in [0.25, 0.3) is 0 Å². The summed E-state index contributed by atoms with van der Waals surface area (Å²) < 4.78 is 19.5. The minimum absolute atomic E-state index is 0.176. The zero-order valence-electron chi connectivity index (χ0n) is 15.9. The third-order valence-corrected chi connectivity index (χ3v) is 4.63. The molecule has 0 aliphatic carbocycles. The van der Waals surface area contributed by atoms with Gasteiger partial charge in [0.2, 0.25) is 0 Å². The van der Waals surface area contributed by atoms with Gasteiger partial charge in [-0.1, -0.05) is 48.0 Å². The highest BCUT2D eigenvalue weighted by molar-refractivity contribution is 6.31. The average molecular weight is 403 g/mol. The number of halogens is 2. The highest BCUT2D eigenvalue weighted by Crippen LogP contribution is 2.23. The van der Waals surface area contributed by atoms with Gasteiger partial charge < -0.3 is 10.1 Å². The van der Waals surface area contributed by atoms with E-state index in [9.17, 15) is 4.39 Å². The van der Waals surface area contributed by atoms with E-state index in [-0.39, 0.29) is 12.4 Å². The van der Waals surface area contributed by atoms with E-state index in [1.54, 1.807) is 12.1 Å². The maximum atomic E-state index is 14.1. The van der Waals surface area contributed by atoms with E-state index < -0.39 is 0 Å². The zero-order chi connectivity index (χ0) is 19.8. The predicted molar refractivity (Wildman–Crippen MR) is 109 cm³/mol. The standard InChI is InChI=1S/C21H24ClFN4O/c1-2-28-13-7-12-24-14-20-21(16-8-4-3-5-9-16)26-27(25-20)15-17-18(22)10-6-11-19(17)23/h3-6,8-11,24H,2,7,12-15H2,1H3. The van der Waals surface area contributed by atoms with Crippen molar-refractivity contribution in [3.05, 3.63) is 70.6 Å². The van der Waals surface area contributed by atoms with Gasteiger partial charge >= 0.3 is 0 Å². The maximum absolute atomic E-state index is 14.1. The summed E-state index contributed by atoms with van der Waals surface area (Å²) in [6, 6.07) is 14.5. The van der Waals surface area contributed by atoms with E-state index >= 15 is 0 Å². The van der Waals surface area contributed by atoms with Crippen molar-refractivity contribution < 1.29 is 9.13 Å². The molecule has 0 radical (unpaired) electrons. The molecule has 2 aromatic carbocycles. The molecule has 1 N–H and O–H groups in total. The number of nitrogens with one attached hydrogen (secondary N) is 1. The largest absolute Gasteiger partial charge is 0.382 e. The molecule has 3 rings (SSSR count). The van der Waals surface area contributed by atoms with Crippen molar-refractivity contribution in [1.82, 2.24) is 20.3 Å².